The number of benzene rings is 1. The first-order valence-corrected chi connectivity index (χ1v) is 6.84. The Labute approximate surface area is 107 Å². The number of nitrogens with zero attached hydrogens (tertiary/aromatic N) is 1. The van der Waals surface area contributed by atoms with E-state index in [0.29, 0.717) is 13.0 Å². The summed E-state index contributed by atoms with van der Waals surface area (Å²) in [4.78, 5) is 3.87. The normalized spacial score (nSPS) is 11.2. The van der Waals surface area contributed by atoms with Crippen molar-refractivity contribution >= 4 is 16.1 Å². The van der Waals surface area contributed by atoms with Crippen LogP contribution < -0.4 is 11.5 Å². The minimum Gasteiger partial charge on any atom is -0.370 e. The molecule has 0 aliphatic rings. The first kappa shape index (κ1) is 14.5. The molecule has 1 rings (SSSR count). The average molecular weight is 271 g/mol. The maximum Gasteiger partial charge on any atom is 0.296 e. The van der Waals surface area contributed by atoms with Gasteiger partial charge in [0.15, 0.2) is 5.96 Å². The second-order valence-electron chi connectivity index (χ2n) is 3.75. The maximum absolute atomic E-state index is 11.7. The summed E-state index contributed by atoms with van der Waals surface area (Å²) in [6.07, 6.45) is 0.434. The highest BCUT2D eigenvalue weighted by molar-refractivity contribution is 7.86. The zero-order valence-electron chi connectivity index (χ0n) is 10.2. The molecule has 18 heavy (non-hydrogen) atoms. The molecule has 0 aliphatic heterocycles. The third kappa shape index (κ3) is 4.72. The quantitative estimate of drug-likeness (QED) is 0.336. The molecule has 0 aromatic heterocycles. The Morgan fingerprint density at radius 3 is 2.44 bits per heavy atom. The fourth-order valence-corrected chi connectivity index (χ4v) is 2.16. The van der Waals surface area contributed by atoms with Gasteiger partial charge in [0.1, 0.15) is 0 Å². The van der Waals surface area contributed by atoms with E-state index in [2.05, 4.69) is 4.99 Å². The Bertz CT molecular complexity index is 505. The van der Waals surface area contributed by atoms with Gasteiger partial charge in [0, 0.05) is 6.54 Å². The molecule has 0 atom stereocenters. The van der Waals surface area contributed by atoms with Crippen molar-refractivity contribution in [3.63, 3.8) is 0 Å². The lowest BCUT2D eigenvalue weighted by molar-refractivity contribution is 0.314. The molecule has 0 aliphatic carbocycles. The van der Waals surface area contributed by atoms with Crippen LogP contribution >= 0.6 is 0 Å². The van der Waals surface area contributed by atoms with Gasteiger partial charge in [-0.1, -0.05) is 17.7 Å². The fraction of sp³-hybridized carbons (Fsp3) is 0.364. The molecule has 0 fully saturated rings. The molecular weight excluding hydrogens is 254 g/mol. The highest BCUT2D eigenvalue weighted by Gasteiger charge is 2.13. The van der Waals surface area contributed by atoms with Gasteiger partial charge in [-0.05, 0) is 25.5 Å². The summed E-state index contributed by atoms with van der Waals surface area (Å²) in [6, 6.07) is 6.46. The summed E-state index contributed by atoms with van der Waals surface area (Å²) in [5, 5.41) is 0. The predicted octanol–water partition coefficient (Wildman–Crippen LogP) is 0.364. The standard InChI is InChI=1S/C11H17N3O3S/c1-9-3-5-10(6-4-9)18(15,16)17-8-2-7-14-11(12)13/h3-6H,2,7-8H2,1H3,(H4,12,13,14). The molecule has 0 radical (unpaired) electrons. The molecule has 0 heterocycles. The van der Waals surface area contributed by atoms with Crippen LogP contribution in [-0.2, 0) is 14.3 Å². The molecular formula is C11H17N3O3S. The van der Waals surface area contributed by atoms with E-state index in [0.717, 1.165) is 5.56 Å². The number of nitrogens with two attached hydrogens (primary N) is 2. The molecule has 0 spiro atoms. The van der Waals surface area contributed by atoms with Gasteiger partial charge in [-0.15, -0.1) is 0 Å². The van der Waals surface area contributed by atoms with Crippen molar-refractivity contribution in [3.8, 4) is 0 Å². The highest BCUT2D eigenvalue weighted by atomic mass is 32.2. The second kappa shape index (κ2) is 6.36. The van der Waals surface area contributed by atoms with Gasteiger partial charge < -0.3 is 11.5 Å². The first-order chi connectivity index (χ1) is 8.42. The van der Waals surface area contributed by atoms with Gasteiger partial charge in [-0.25, -0.2) is 0 Å². The van der Waals surface area contributed by atoms with Crippen molar-refractivity contribution in [1.29, 1.82) is 0 Å². The number of aryl methyl sites for hydroxylation is 1. The molecule has 100 valence electrons. The maximum atomic E-state index is 11.7. The number of aliphatic imine (C=N–C) groups is 1. The van der Waals surface area contributed by atoms with E-state index in [4.69, 9.17) is 15.7 Å². The van der Waals surface area contributed by atoms with Crippen LogP contribution in [0.2, 0.25) is 0 Å². The van der Waals surface area contributed by atoms with Gasteiger partial charge in [0.05, 0.1) is 11.5 Å². The molecule has 1 aromatic rings. The fourth-order valence-electron chi connectivity index (χ4n) is 1.21. The summed E-state index contributed by atoms with van der Waals surface area (Å²) < 4.78 is 28.3. The third-order valence-corrected chi connectivity index (χ3v) is 3.47. The predicted molar refractivity (Wildman–Crippen MR) is 69.6 cm³/mol. The van der Waals surface area contributed by atoms with Crippen molar-refractivity contribution in [1.82, 2.24) is 0 Å². The lowest BCUT2D eigenvalue weighted by atomic mass is 10.2. The Morgan fingerprint density at radius 1 is 1.28 bits per heavy atom. The summed E-state index contributed by atoms with van der Waals surface area (Å²) in [6.45, 7) is 2.27. The Morgan fingerprint density at radius 2 is 1.89 bits per heavy atom. The van der Waals surface area contributed by atoms with Crippen LogP contribution in [0.25, 0.3) is 0 Å². The van der Waals surface area contributed by atoms with Crippen molar-refractivity contribution in [2.75, 3.05) is 13.2 Å². The van der Waals surface area contributed by atoms with Crippen LogP contribution in [-0.4, -0.2) is 27.5 Å². The molecule has 0 amide bonds. The third-order valence-electron chi connectivity index (χ3n) is 2.14. The molecule has 0 saturated carbocycles. The van der Waals surface area contributed by atoms with E-state index in [1.165, 1.54) is 12.1 Å². The first-order valence-electron chi connectivity index (χ1n) is 5.43. The van der Waals surface area contributed by atoms with Crippen LogP contribution in [0.5, 0.6) is 0 Å². The minimum atomic E-state index is -3.69. The molecule has 0 unspecified atom stereocenters. The molecule has 7 heteroatoms. The van der Waals surface area contributed by atoms with Gasteiger partial charge in [-0.3, -0.25) is 9.18 Å². The summed E-state index contributed by atoms with van der Waals surface area (Å²) in [5.74, 6) is -0.0172. The number of rotatable bonds is 6. The molecule has 0 bridgehead atoms. The molecule has 4 N–H and O–H groups in total. The molecule has 6 nitrogen and oxygen atoms in total. The van der Waals surface area contributed by atoms with Crippen LogP contribution in [0, 0.1) is 6.92 Å². The van der Waals surface area contributed by atoms with Gasteiger partial charge in [-0.2, -0.15) is 8.42 Å². The lowest BCUT2D eigenvalue weighted by Crippen LogP contribution is -2.23. The van der Waals surface area contributed by atoms with E-state index in [1.807, 2.05) is 6.92 Å². The summed E-state index contributed by atoms with van der Waals surface area (Å²) in [7, 11) is -3.69. The van der Waals surface area contributed by atoms with Crippen LogP contribution in [0.3, 0.4) is 0 Å². The van der Waals surface area contributed by atoms with Gasteiger partial charge in [0.2, 0.25) is 0 Å². The SMILES string of the molecule is Cc1ccc(S(=O)(=O)OCCCN=C(N)N)cc1. The minimum absolute atomic E-state index is 0.0172. The van der Waals surface area contributed by atoms with Crippen molar-refractivity contribution in [2.45, 2.75) is 18.2 Å². The Balaban J connectivity index is 2.50. The largest absolute Gasteiger partial charge is 0.370 e. The van der Waals surface area contributed by atoms with Crippen molar-refractivity contribution < 1.29 is 12.6 Å². The van der Waals surface area contributed by atoms with E-state index in [-0.39, 0.29) is 17.5 Å². The van der Waals surface area contributed by atoms with Crippen molar-refractivity contribution in [2.24, 2.45) is 16.5 Å². The smallest absolute Gasteiger partial charge is 0.296 e. The van der Waals surface area contributed by atoms with Crippen LogP contribution in [0.15, 0.2) is 34.2 Å². The monoisotopic (exact) mass is 271 g/mol. The Kier molecular flexibility index (Phi) is 5.11. The Hall–Kier alpha value is -1.60. The van der Waals surface area contributed by atoms with E-state index in [1.54, 1.807) is 12.1 Å². The molecule has 1 aromatic carbocycles. The number of hydrogen-bond donors (Lipinski definition) is 2. The van der Waals surface area contributed by atoms with E-state index in [9.17, 15) is 8.42 Å². The number of guanidine groups is 1. The number of hydrogen-bond acceptors (Lipinski definition) is 4. The highest BCUT2D eigenvalue weighted by Crippen LogP contribution is 2.13. The average Bonchev–Trinajstić information content (AvgIpc) is 2.28. The van der Waals surface area contributed by atoms with Crippen LogP contribution in [0.4, 0.5) is 0 Å². The summed E-state index contributed by atoms with van der Waals surface area (Å²) >= 11 is 0. The van der Waals surface area contributed by atoms with E-state index < -0.39 is 10.1 Å². The van der Waals surface area contributed by atoms with Gasteiger partial charge >= 0.3 is 0 Å². The molecule has 0 saturated heterocycles. The van der Waals surface area contributed by atoms with Crippen molar-refractivity contribution in [3.05, 3.63) is 29.8 Å². The topological polar surface area (TPSA) is 108 Å². The van der Waals surface area contributed by atoms with E-state index >= 15 is 0 Å². The van der Waals surface area contributed by atoms with Crippen LogP contribution in [0.1, 0.15) is 12.0 Å². The lowest BCUT2D eigenvalue weighted by Gasteiger charge is -2.05. The van der Waals surface area contributed by atoms with Gasteiger partial charge in [0.25, 0.3) is 10.1 Å². The summed E-state index contributed by atoms with van der Waals surface area (Å²) in [5.41, 5.74) is 11.3. The second-order valence-corrected chi connectivity index (χ2v) is 5.36. The zero-order valence-corrected chi connectivity index (χ0v) is 11.0. The zero-order chi connectivity index (χ0) is 13.6.